The minimum Gasteiger partial charge on any atom is -0.437 e. The fourth-order valence-corrected chi connectivity index (χ4v) is 2.75. The molecule has 0 aliphatic rings. The largest absolute Gasteiger partial charge is 0.437 e. The van der Waals surface area contributed by atoms with Crippen LogP contribution in [0, 0.1) is 11.6 Å². The van der Waals surface area contributed by atoms with Crippen molar-refractivity contribution >= 4 is 29.4 Å². The Hall–Kier alpha value is -3.14. The van der Waals surface area contributed by atoms with E-state index in [4.69, 9.17) is 16.3 Å². The quantitative estimate of drug-likeness (QED) is 0.398. The molecule has 11 heteroatoms. The van der Waals surface area contributed by atoms with Crippen molar-refractivity contribution in [2.75, 3.05) is 4.90 Å². The summed E-state index contributed by atoms with van der Waals surface area (Å²) in [4.78, 5) is 12.0. The van der Waals surface area contributed by atoms with Crippen LogP contribution in [0.3, 0.4) is 0 Å². The molecular formula is C18H11ClF5N3O2. The summed E-state index contributed by atoms with van der Waals surface area (Å²) in [6, 6.07) is 7.83. The van der Waals surface area contributed by atoms with Crippen LogP contribution in [0.4, 0.5) is 33.3 Å². The molecule has 2 aromatic carbocycles. The number of nitrogens with zero attached hydrogens (tertiary/aromatic N) is 3. The topological polar surface area (TPSA) is 47.4 Å². The Balaban J connectivity index is 2.22. The Morgan fingerprint density at radius 2 is 1.90 bits per heavy atom. The Labute approximate surface area is 165 Å². The lowest BCUT2D eigenvalue weighted by molar-refractivity contribution is -0.140. The smallest absolute Gasteiger partial charge is 0.437 e. The van der Waals surface area contributed by atoms with Crippen LogP contribution in [0.25, 0.3) is 0 Å². The van der Waals surface area contributed by atoms with Crippen molar-refractivity contribution in [3.05, 3.63) is 64.8 Å². The Morgan fingerprint density at radius 1 is 1.17 bits per heavy atom. The number of benzene rings is 2. The van der Waals surface area contributed by atoms with Crippen molar-refractivity contribution in [1.82, 2.24) is 9.78 Å². The van der Waals surface area contributed by atoms with Crippen LogP contribution in [0.15, 0.2) is 42.5 Å². The highest BCUT2D eigenvalue weighted by atomic mass is 35.5. The molecule has 3 aromatic rings. The van der Waals surface area contributed by atoms with Crippen LogP contribution in [0.1, 0.15) is 5.69 Å². The molecule has 5 nitrogen and oxygen atoms in total. The van der Waals surface area contributed by atoms with Gasteiger partial charge >= 0.3 is 6.18 Å². The second-order valence-corrected chi connectivity index (χ2v) is 6.19. The summed E-state index contributed by atoms with van der Waals surface area (Å²) >= 11 is 5.86. The number of aromatic nitrogens is 2. The molecule has 0 N–H and O–H groups in total. The number of hydrogen-bond donors (Lipinski definition) is 0. The van der Waals surface area contributed by atoms with E-state index in [1.54, 1.807) is 0 Å². The molecule has 0 spiro atoms. The first-order chi connectivity index (χ1) is 13.6. The number of aryl methyl sites for hydroxylation is 1. The van der Waals surface area contributed by atoms with Crippen LogP contribution in [-0.2, 0) is 18.0 Å². The van der Waals surface area contributed by atoms with E-state index in [1.807, 2.05) is 0 Å². The zero-order valence-corrected chi connectivity index (χ0v) is 15.3. The summed E-state index contributed by atoms with van der Waals surface area (Å²) in [5, 5.41) is 3.63. The molecule has 0 radical (unpaired) electrons. The summed E-state index contributed by atoms with van der Waals surface area (Å²) < 4.78 is 74.4. The lowest BCUT2D eigenvalue weighted by Crippen LogP contribution is -2.20. The number of rotatable bonds is 5. The molecule has 0 aliphatic heterocycles. The highest BCUT2D eigenvalue weighted by Gasteiger charge is 2.42. The summed E-state index contributed by atoms with van der Waals surface area (Å²) in [6.07, 6.45) is -5.05. The molecule has 152 valence electrons. The first kappa shape index (κ1) is 20.6. The SMILES string of the molecule is Cn1nc(C(F)(F)F)c(N(C=O)c2ccc(F)cc2F)c1Oc1cccc(Cl)c1. The van der Waals surface area contributed by atoms with E-state index in [2.05, 4.69) is 5.10 Å². The lowest BCUT2D eigenvalue weighted by atomic mass is 10.2. The van der Waals surface area contributed by atoms with Gasteiger partial charge in [-0.3, -0.25) is 9.69 Å². The zero-order valence-electron chi connectivity index (χ0n) is 14.5. The van der Waals surface area contributed by atoms with E-state index in [0.29, 0.717) is 11.0 Å². The highest BCUT2D eigenvalue weighted by Crippen LogP contribution is 2.45. The third kappa shape index (κ3) is 4.16. The average Bonchev–Trinajstić information content (AvgIpc) is 2.94. The maximum Gasteiger partial charge on any atom is 0.437 e. The Kier molecular flexibility index (Phi) is 5.47. The molecule has 0 saturated carbocycles. The molecule has 0 unspecified atom stereocenters. The number of hydrogen-bond acceptors (Lipinski definition) is 3. The van der Waals surface area contributed by atoms with Crippen LogP contribution in [0.5, 0.6) is 11.6 Å². The van der Waals surface area contributed by atoms with Crippen molar-refractivity contribution in [2.45, 2.75) is 6.18 Å². The van der Waals surface area contributed by atoms with Crippen molar-refractivity contribution in [2.24, 2.45) is 7.05 Å². The maximum atomic E-state index is 14.2. The van der Waals surface area contributed by atoms with Gasteiger partial charge in [-0.15, -0.1) is 0 Å². The van der Waals surface area contributed by atoms with Gasteiger partial charge < -0.3 is 4.74 Å². The monoisotopic (exact) mass is 431 g/mol. The number of ether oxygens (including phenoxy) is 1. The van der Waals surface area contributed by atoms with Gasteiger partial charge in [0.05, 0.1) is 5.69 Å². The van der Waals surface area contributed by atoms with Crippen molar-refractivity contribution in [1.29, 1.82) is 0 Å². The minimum atomic E-state index is -5.00. The van der Waals surface area contributed by atoms with Gasteiger partial charge in [-0.1, -0.05) is 17.7 Å². The van der Waals surface area contributed by atoms with Crippen LogP contribution < -0.4 is 9.64 Å². The normalized spacial score (nSPS) is 11.4. The molecular weight excluding hydrogens is 421 g/mol. The van der Waals surface area contributed by atoms with Crippen molar-refractivity contribution in [3.8, 4) is 11.6 Å². The Bertz CT molecular complexity index is 1070. The van der Waals surface area contributed by atoms with E-state index in [1.165, 1.54) is 24.3 Å². The van der Waals surface area contributed by atoms with E-state index in [-0.39, 0.29) is 17.2 Å². The number of anilines is 2. The van der Waals surface area contributed by atoms with E-state index >= 15 is 0 Å². The van der Waals surface area contributed by atoms with Gasteiger partial charge in [0, 0.05) is 18.1 Å². The molecule has 0 atom stereocenters. The van der Waals surface area contributed by atoms with Gasteiger partial charge in [0.2, 0.25) is 12.3 Å². The maximum absolute atomic E-state index is 14.2. The van der Waals surface area contributed by atoms with Gasteiger partial charge in [-0.2, -0.15) is 18.3 Å². The summed E-state index contributed by atoms with van der Waals surface area (Å²) in [7, 11) is 1.16. The highest BCUT2D eigenvalue weighted by molar-refractivity contribution is 6.30. The number of carbonyl (C=O) groups is 1. The first-order valence-corrected chi connectivity index (χ1v) is 8.27. The first-order valence-electron chi connectivity index (χ1n) is 7.89. The summed E-state index contributed by atoms with van der Waals surface area (Å²) in [5.74, 6) is -2.66. The van der Waals surface area contributed by atoms with E-state index in [9.17, 15) is 26.7 Å². The number of halogens is 6. The second-order valence-electron chi connectivity index (χ2n) is 5.75. The fourth-order valence-electron chi connectivity index (χ4n) is 2.57. The molecule has 1 amide bonds. The van der Waals surface area contributed by atoms with Gasteiger partial charge in [0.15, 0.2) is 5.69 Å². The molecule has 29 heavy (non-hydrogen) atoms. The van der Waals surface area contributed by atoms with Gasteiger partial charge in [0.25, 0.3) is 0 Å². The molecule has 0 bridgehead atoms. The second kappa shape index (κ2) is 7.70. The number of amides is 1. The minimum absolute atomic E-state index is 0.0482. The summed E-state index contributed by atoms with van der Waals surface area (Å²) in [5.41, 5.74) is -2.97. The number of carbonyl (C=O) groups excluding carboxylic acids is 1. The molecule has 1 heterocycles. The zero-order chi connectivity index (χ0) is 21.3. The third-order valence-corrected chi connectivity index (χ3v) is 4.00. The predicted molar refractivity (Wildman–Crippen MR) is 94.3 cm³/mol. The molecule has 3 rings (SSSR count). The van der Waals surface area contributed by atoms with Crippen molar-refractivity contribution < 1.29 is 31.5 Å². The van der Waals surface area contributed by atoms with E-state index in [0.717, 1.165) is 23.9 Å². The summed E-state index contributed by atoms with van der Waals surface area (Å²) in [6.45, 7) is 0. The predicted octanol–water partition coefficient (Wildman–Crippen LogP) is 5.46. The lowest BCUT2D eigenvalue weighted by Gasteiger charge is -2.20. The van der Waals surface area contributed by atoms with Crippen LogP contribution in [-0.4, -0.2) is 16.2 Å². The van der Waals surface area contributed by atoms with Gasteiger partial charge in [0.1, 0.15) is 23.1 Å². The fraction of sp³-hybridized carbons (Fsp3) is 0.111. The van der Waals surface area contributed by atoms with Gasteiger partial charge in [-0.25, -0.2) is 13.5 Å². The average molecular weight is 432 g/mol. The third-order valence-electron chi connectivity index (χ3n) is 3.77. The van der Waals surface area contributed by atoms with Gasteiger partial charge in [-0.05, 0) is 30.3 Å². The van der Waals surface area contributed by atoms with Crippen molar-refractivity contribution in [3.63, 3.8) is 0 Å². The number of alkyl halides is 3. The molecule has 0 fully saturated rings. The van der Waals surface area contributed by atoms with Crippen LogP contribution in [0.2, 0.25) is 5.02 Å². The molecule has 0 aliphatic carbocycles. The standard InChI is InChI=1S/C18H11ClF5N3O2/c1-26-17(29-12-4-2-3-10(19)7-12)15(16(25-26)18(22,23)24)27(9-28)14-6-5-11(20)8-13(14)21/h2-9H,1H3. The van der Waals surface area contributed by atoms with Crippen LogP contribution >= 0.6 is 11.6 Å². The van der Waals surface area contributed by atoms with E-state index < -0.39 is 40.8 Å². The molecule has 0 saturated heterocycles. The Morgan fingerprint density at radius 3 is 2.48 bits per heavy atom. The molecule has 1 aromatic heterocycles.